The van der Waals surface area contributed by atoms with Crippen molar-refractivity contribution in [2.24, 2.45) is 0 Å². The molecule has 0 saturated carbocycles. The summed E-state index contributed by atoms with van der Waals surface area (Å²) < 4.78 is 5.67. The average Bonchev–Trinajstić information content (AvgIpc) is 2.38. The molecule has 0 atom stereocenters. The molecule has 2 nitrogen and oxygen atoms in total. The molecule has 1 fully saturated rings. The third kappa shape index (κ3) is 2.99. The van der Waals surface area contributed by atoms with Crippen molar-refractivity contribution < 1.29 is 4.74 Å². The quantitative estimate of drug-likeness (QED) is 0.840. The molecule has 1 aromatic carbocycles. The Hall–Kier alpha value is -1.02. The molecular weight excluding hydrogens is 198 g/mol. The van der Waals surface area contributed by atoms with E-state index in [0.717, 1.165) is 31.9 Å². The number of benzene rings is 1. The van der Waals surface area contributed by atoms with Crippen LogP contribution < -0.4 is 10.1 Å². The summed E-state index contributed by atoms with van der Waals surface area (Å²) in [6.45, 7) is 5.24. The highest BCUT2D eigenvalue weighted by atomic mass is 16.5. The minimum absolute atomic E-state index is 0.714. The molecule has 2 rings (SSSR count). The summed E-state index contributed by atoms with van der Waals surface area (Å²) in [4.78, 5) is 0. The number of rotatable bonds is 4. The molecule has 0 aromatic heterocycles. The fourth-order valence-corrected chi connectivity index (χ4v) is 2.23. The lowest BCUT2D eigenvalue weighted by Gasteiger charge is -2.23. The molecule has 0 unspecified atom stereocenters. The van der Waals surface area contributed by atoms with Crippen LogP contribution in [0, 0.1) is 0 Å². The summed E-state index contributed by atoms with van der Waals surface area (Å²) >= 11 is 0. The summed E-state index contributed by atoms with van der Waals surface area (Å²) in [6.07, 6.45) is 3.56. The van der Waals surface area contributed by atoms with E-state index in [1.807, 2.05) is 0 Å². The highest BCUT2D eigenvalue weighted by Gasteiger charge is 2.15. The zero-order valence-corrected chi connectivity index (χ0v) is 10.0. The summed E-state index contributed by atoms with van der Waals surface area (Å²) in [5.41, 5.74) is 1.44. The Labute approximate surface area is 98.0 Å². The Bertz CT molecular complexity index is 318. The molecule has 0 spiro atoms. The third-order valence-corrected chi connectivity index (χ3v) is 3.14. The highest BCUT2D eigenvalue weighted by Crippen LogP contribution is 2.27. The lowest BCUT2D eigenvalue weighted by Crippen LogP contribution is -2.26. The van der Waals surface area contributed by atoms with E-state index >= 15 is 0 Å². The molecule has 1 N–H and O–H groups in total. The van der Waals surface area contributed by atoms with Crippen LogP contribution in [0.25, 0.3) is 0 Å². The first kappa shape index (κ1) is 11.5. The van der Waals surface area contributed by atoms with E-state index in [-0.39, 0.29) is 0 Å². The number of hydrogen-bond donors (Lipinski definition) is 1. The van der Waals surface area contributed by atoms with Crippen LogP contribution in [0.3, 0.4) is 0 Å². The van der Waals surface area contributed by atoms with Crippen molar-refractivity contribution in [2.75, 3.05) is 19.7 Å². The van der Waals surface area contributed by atoms with Gasteiger partial charge in [-0.25, -0.2) is 0 Å². The lowest BCUT2D eigenvalue weighted by molar-refractivity contribution is 0.316. The van der Waals surface area contributed by atoms with Crippen LogP contribution >= 0.6 is 0 Å². The molecule has 0 bridgehead atoms. The Morgan fingerprint density at radius 3 is 2.88 bits per heavy atom. The molecule has 1 saturated heterocycles. The Morgan fingerprint density at radius 1 is 1.31 bits per heavy atom. The zero-order chi connectivity index (χ0) is 11.2. The van der Waals surface area contributed by atoms with Gasteiger partial charge in [0.25, 0.3) is 0 Å². The maximum absolute atomic E-state index is 5.67. The van der Waals surface area contributed by atoms with Gasteiger partial charge >= 0.3 is 0 Å². The molecule has 1 aliphatic heterocycles. The van der Waals surface area contributed by atoms with Crippen molar-refractivity contribution in [3.63, 3.8) is 0 Å². The summed E-state index contributed by atoms with van der Waals surface area (Å²) in [7, 11) is 0. The zero-order valence-electron chi connectivity index (χ0n) is 10.0. The largest absolute Gasteiger partial charge is 0.494 e. The number of ether oxygens (including phenoxy) is 1. The van der Waals surface area contributed by atoms with Crippen molar-refractivity contribution >= 4 is 0 Å². The van der Waals surface area contributed by atoms with Gasteiger partial charge in [-0.3, -0.25) is 0 Å². The second kappa shape index (κ2) is 5.90. The van der Waals surface area contributed by atoms with Crippen molar-refractivity contribution in [1.29, 1.82) is 0 Å². The van der Waals surface area contributed by atoms with Crippen LogP contribution in [-0.4, -0.2) is 19.7 Å². The van der Waals surface area contributed by atoms with Crippen LogP contribution in [0.2, 0.25) is 0 Å². The first-order valence-electron chi connectivity index (χ1n) is 6.33. The molecule has 0 amide bonds. The standard InChI is InChI=1S/C14H21NO/c1-2-10-16-14-5-3-4-13(11-14)12-6-8-15-9-7-12/h3-5,11-12,15H,2,6-10H2,1H3. The number of nitrogens with one attached hydrogen (secondary N) is 1. The molecule has 16 heavy (non-hydrogen) atoms. The van der Waals surface area contributed by atoms with Crippen LogP contribution in [0.1, 0.15) is 37.7 Å². The van der Waals surface area contributed by atoms with Gasteiger partial charge in [-0.05, 0) is 56.0 Å². The van der Waals surface area contributed by atoms with Gasteiger partial charge in [0.1, 0.15) is 5.75 Å². The smallest absolute Gasteiger partial charge is 0.119 e. The van der Waals surface area contributed by atoms with E-state index in [9.17, 15) is 0 Å². The van der Waals surface area contributed by atoms with E-state index in [4.69, 9.17) is 4.74 Å². The van der Waals surface area contributed by atoms with E-state index in [1.165, 1.54) is 18.4 Å². The second-order valence-electron chi connectivity index (χ2n) is 4.45. The fourth-order valence-electron chi connectivity index (χ4n) is 2.23. The monoisotopic (exact) mass is 219 g/mol. The predicted molar refractivity (Wildman–Crippen MR) is 67.1 cm³/mol. The minimum Gasteiger partial charge on any atom is -0.494 e. The summed E-state index contributed by atoms with van der Waals surface area (Å²) in [6, 6.07) is 8.61. The average molecular weight is 219 g/mol. The van der Waals surface area contributed by atoms with E-state index in [1.54, 1.807) is 0 Å². The Balaban J connectivity index is 2.02. The van der Waals surface area contributed by atoms with Crippen molar-refractivity contribution in [2.45, 2.75) is 32.1 Å². The van der Waals surface area contributed by atoms with Crippen molar-refractivity contribution in [3.8, 4) is 5.75 Å². The van der Waals surface area contributed by atoms with E-state index < -0.39 is 0 Å². The molecular formula is C14H21NO. The SMILES string of the molecule is CCCOc1cccc(C2CCNCC2)c1. The minimum atomic E-state index is 0.714. The topological polar surface area (TPSA) is 21.3 Å². The normalized spacial score (nSPS) is 17.3. The molecule has 1 aliphatic rings. The van der Waals surface area contributed by atoms with Gasteiger partial charge in [0, 0.05) is 0 Å². The fraction of sp³-hybridized carbons (Fsp3) is 0.571. The molecule has 0 radical (unpaired) electrons. The lowest BCUT2D eigenvalue weighted by atomic mass is 9.90. The van der Waals surface area contributed by atoms with E-state index in [0.29, 0.717) is 5.92 Å². The maximum Gasteiger partial charge on any atom is 0.119 e. The predicted octanol–water partition coefficient (Wildman–Crippen LogP) is 2.94. The van der Waals surface area contributed by atoms with Gasteiger partial charge in [-0.1, -0.05) is 19.1 Å². The van der Waals surface area contributed by atoms with Gasteiger partial charge in [-0.15, -0.1) is 0 Å². The molecule has 1 aromatic rings. The van der Waals surface area contributed by atoms with Gasteiger partial charge in [-0.2, -0.15) is 0 Å². The first-order valence-corrected chi connectivity index (χ1v) is 6.33. The van der Waals surface area contributed by atoms with Crippen LogP contribution in [0.5, 0.6) is 5.75 Å². The van der Waals surface area contributed by atoms with Crippen molar-refractivity contribution in [1.82, 2.24) is 5.32 Å². The Morgan fingerprint density at radius 2 is 2.12 bits per heavy atom. The molecule has 88 valence electrons. The second-order valence-corrected chi connectivity index (χ2v) is 4.45. The van der Waals surface area contributed by atoms with E-state index in [2.05, 4.69) is 36.5 Å². The van der Waals surface area contributed by atoms with Crippen LogP contribution in [0.4, 0.5) is 0 Å². The van der Waals surface area contributed by atoms with Gasteiger partial charge in [0.2, 0.25) is 0 Å². The van der Waals surface area contributed by atoms with Gasteiger partial charge < -0.3 is 10.1 Å². The van der Waals surface area contributed by atoms with Crippen molar-refractivity contribution in [3.05, 3.63) is 29.8 Å². The summed E-state index contributed by atoms with van der Waals surface area (Å²) in [5, 5.41) is 3.40. The maximum atomic E-state index is 5.67. The molecule has 1 heterocycles. The highest BCUT2D eigenvalue weighted by molar-refractivity contribution is 5.31. The van der Waals surface area contributed by atoms with Crippen LogP contribution in [-0.2, 0) is 0 Å². The van der Waals surface area contributed by atoms with Gasteiger partial charge in [0.05, 0.1) is 6.61 Å². The van der Waals surface area contributed by atoms with Crippen LogP contribution in [0.15, 0.2) is 24.3 Å². The first-order chi connectivity index (χ1) is 7.90. The molecule has 2 heteroatoms. The molecule has 0 aliphatic carbocycles. The summed E-state index contributed by atoms with van der Waals surface area (Å²) in [5.74, 6) is 1.74. The number of piperidine rings is 1. The Kier molecular flexibility index (Phi) is 4.23. The van der Waals surface area contributed by atoms with Gasteiger partial charge in [0.15, 0.2) is 0 Å². The third-order valence-electron chi connectivity index (χ3n) is 3.14. The number of hydrogen-bond acceptors (Lipinski definition) is 2.